The Balaban J connectivity index is 0.000000358. The van der Waals surface area contributed by atoms with E-state index in [1.807, 2.05) is 26.2 Å². The number of carbonyl (C=O) groups is 10. The van der Waals surface area contributed by atoms with E-state index in [0.717, 1.165) is 33.3 Å². The molecule has 0 spiro atoms. The molecule has 42 heteroatoms. The Bertz CT molecular complexity index is 4320. The smallest absolute Gasteiger partial charge is 0.409 e. The molecule has 42 nitrogen and oxygen atoms in total. The normalized spacial score (nSPS) is 19.8. The van der Waals surface area contributed by atoms with Gasteiger partial charge in [-0.3, -0.25) is 72.5 Å². The van der Waals surface area contributed by atoms with Gasteiger partial charge in [0.1, 0.15) is 49.8 Å². The molecule has 0 aliphatic carbocycles. The van der Waals surface area contributed by atoms with E-state index in [1.165, 1.54) is 47.3 Å². The van der Waals surface area contributed by atoms with Gasteiger partial charge in [0.25, 0.3) is 11.1 Å². The molecule has 0 radical (unpaired) electrons. The summed E-state index contributed by atoms with van der Waals surface area (Å²) < 4.78 is 39.5. The molecule has 115 heavy (non-hydrogen) atoms. The number of hydrazine groups is 1. The second-order valence-electron chi connectivity index (χ2n) is 29.6. The Morgan fingerprint density at radius 2 is 1.04 bits per heavy atom. The molecule has 0 aromatic carbocycles. The zero-order chi connectivity index (χ0) is 85.3. The van der Waals surface area contributed by atoms with E-state index in [2.05, 4.69) is 59.7 Å². The predicted molar refractivity (Wildman–Crippen MR) is 417 cm³/mol. The van der Waals surface area contributed by atoms with Gasteiger partial charge in [0, 0.05) is 111 Å². The number of nitrogen functional groups attached to an aromatic ring is 2. The Labute approximate surface area is 663 Å². The van der Waals surface area contributed by atoms with Crippen LogP contribution in [0.5, 0.6) is 0 Å². The van der Waals surface area contributed by atoms with Crippen LogP contribution in [0.1, 0.15) is 157 Å². The van der Waals surface area contributed by atoms with Crippen molar-refractivity contribution >= 4 is 93.4 Å². The number of ketones is 2. The van der Waals surface area contributed by atoms with E-state index < -0.39 is 138 Å². The summed E-state index contributed by atoms with van der Waals surface area (Å²) in [6.07, 6.45) is -3.21. The fourth-order valence-electron chi connectivity index (χ4n) is 13.5. The highest BCUT2D eigenvalue weighted by Gasteiger charge is 2.57. The molecule has 4 aromatic heterocycles. The van der Waals surface area contributed by atoms with Crippen LogP contribution >= 0.6 is 0 Å². The maximum atomic E-state index is 13.7. The highest BCUT2D eigenvalue weighted by Crippen LogP contribution is 2.44. The standard InChI is InChI=1S/C39H61N9O11.C34H55N11O11/c1-9-11-12-14-23(20-24(49)28(22(3)4)43-27(51)16-13-15-26(50)41-7)33(52)42-17-19-46(8)38(55)56-21-25-30-31(59-39(5,6)58-30)35(57-25)48-32-29(34(53)45-36(40)44-32)47(18-10-2)37(48)54;1-5-14-44-25-28(40-32(36)41-30(25)52)45(33(44)53)31-27(50)26(49)21(56-31)17-55-34(54)43(4)15-13-38-29(51)19(9-6-7-12-35)16-20(46)24(18(2)3)39-22(47)10-8-11-23(48)42-37/h10,22-23,25,28,30-31,35H,2,9,11-21H2,1,3-8H3,(H,41,50)(H,42,52)(H,43,51)(H3,40,44,45,53);5,18-19,21,24,26-27,31,49-50H,1,6-17,35,37H2,2-4H3,(H,38,51)(H,39,47)(H,42,48)(H3,36,40,41,52)/t23-,25+,28+,30+,31+,35+;19-,21+,24+,26+,27+,31+/m11/s1. The number of unbranched alkanes of at least 4 members (excludes halogenated alkanes) is 3. The van der Waals surface area contributed by atoms with Crippen LogP contribution in [0, 0.1) is 23.7 Å². The van der Waals surface area contributed by atoms with Crippen molar-refractivity contribution in [3.8, 4) is 0 Å². The average Bonchev–Trinajstić information content (AvgIpc) is 1.57. The highest BCUT2D eigenvalue weighted by molar-refractivity contribution is 5.94. The molecule has 7 heterocycles. The van der Waals surface area contributed by atoms with Crippen molar-refractivity contribution in [3.63, 3.8) is 0 Å². The first-order chi connectivity index (χ1) is 54.5. The summed E-state index contributed by atoms with van der Waals surface area (Å²) in [5.74, 6) is -1.06. The lowest BCUT2D eigenvalue weighted by Gasteiger charge is -2.25. The summed E-state index contributed by atoms with van der Waals surface area (Å²) in [6.45, 7) is 19.5. The monoisotopic (exact) mass is 1620 g/mol. The molecule has 18 N–H and O–H groups in total. The summed E-state index contributed by atoms with van der Waals surface area (Å²) in [5, 5.41) is 35.2. The molecule has 7 rings (SSSR count). The number of aromatic amines is 2. The van der Waals surface area contributed by atoms with E-state index in [1.54, 1.807) is 27.7 Å². The number of nitrogens with two attached hydrogens (primary N) is 4. The lowest BCUT2D eigenvalue weighted by atomic mass is 9.89. The summed E-state index contributed by atoms with van der Waals surface area (Å²) in [6, 6.07) is -1.64. The first-order valence-corrected chi connectivity index (χ1v) is 38.6. The molecular formula is C73H116N20O22. The number of allylic oxidation sites excluding steroid dienone is 2. The van der Waals surface area contributed by atoms with Crippen molar-refractivity contribution < 1.29 is 86.6 Å². The Morgan fingerprint density at radius 1 is 0.617 bits per heavy atom. The maximum Gasteiger partial charge on any atom is 0.409 e. The number of amides is 8. The van der Waals surface area contributed by atoms with Crippen molar-refractivity contribution in [2.75, 3.05) is 78.5 Å². The number of likely N-dealkylation sites (N-methyl/N-ethyl adjacent to an activating group) is 2. The number of anilines is 2. The van der Waals surface area contributed by atoms with Gasteiger partial charge >= 0.3 is 23.6 Å². The first-order valence-electron chi connectivity index (χ1n) is 38.6. The third-order valence-corrected chi connectivity index (χ3v) is 19.6. The average molecular weight is 1630 g/mol. The summed E-state index contributed by atoms with van der Waals surface area (Å²) in [7, 11) is 4.43. The number of Topliss-reactive ketones (excluding diaryl/α,β-unsaturated/α-hetero) is 2. The van der Waals surface area contributed by atoms with Gasteiger partial charge in [-0.05, 0) is 64.3 Å². The van der Waals surface area contributed by atoms with Crippen molar-refractivity contribution in [1.29, 1.82) is 0 Å². The number of carbonyl (C=O) groups excluding carboxylic acids is 10. The van der Waals surface area contributed by atoms with E-state index in [0.29, 0.717) is 38.6 Å². The van der Waals surface area contributed by atoms with Crippen LogP contribution in [-0.2, 0) is 79.9 Å². The third kappa shape index (κ3) is 25.4. The van der Waals surface area contributed by atoms with Crippen LogP contribution in [0.15, 0.2) is 44.5 Å². The van der Waals surface area contributed by atoms with Crippen molar-refractivity contribution in [3.05, 3.63) is 67.0 Å². The van der Waals surface area contributed by atoms with Crippen LogP contribution < -0.4 is 77.6 Å². The number of hydrogen-bond acceptors (Lipinski definition) is 28. The largest absolute Gasteiger partial charge is 0.447 e. The number of aliphatic hydroxyl groups excluding tert-OH is 2. The minimum absolute atomic E-state index is 0.00768. The lowest BCUT2D eigenvalue weighted by molar-refractivity contribution is -0.200. The molecule has 3 saturated heterocycles. The number of H-pyrrole nitrogens is 2. The fraction of sp³-hybridized carbons (Fsp3) is 0.671. The molecule has 3 fully saturated rings. The maximum absolute atomic E-state index is 13.7. The molecule has 3 aliphatic heterocycles. The minimum atomic E-state index is -1.69. The molecule has 12 atom stereocenters. The van der Waals surface area contributed by atoms with Gasteiger partial charge in [-0.1, -0.05) is 72.5 Å². The highest BCUT2D eigenvalue weighted by atomic mass is 16.8. The topological polar surface area (TPSA) is 595 Å². The second kappa shape index (κ2) is 44.0. The van der Waals surface area contributed by atoms with Crippen LogP contribution in [0.3, 0.4) is 0 Å². The molecule has 0 saturated carbocycles. The summed E-state index contributed by atoms with van der Waals surface area (Å²) >= 11 is 0. The van der Waals surface area contributed by atoms with Crippen LogP contribution in [0.25, 0.3) is 22.3 Å². The lowest BCUT2D eigenvalue weighted by Crippen LogP contribution is -2.46. The number of rotatable bonds is 44. The van der Waals surface area contributed by atoms with E-state index in [4.69, 9.17) is 51.5 Å². The molecule has 8 amide bonds. The van der Waals surface area contributed by atoms with Crippen molar-refractivity contribution in [2.24, 2.45) is 35.2 Å². The molecule has 0 unspecified atom stereocenters. The SMILES string of the molecule is C=CCn1c(=O)n([C@H]2O[C@@H](COC(=O)N(C)CCNC(=O)[C@H](CCCCC)CC(=O)[C@@H](NC(=O)CCCC(=O)NC)C(C)C)[C@@H]3OC(C)(C)O[C@@H]32)c2nc(N)[nH]c(=O)c21.C=CCn1c(=O)n([C@H]2O[C@@H](COC(=O)N(C)CCNC(=O)[C@H](CCCCN)CC(=O)[C@@H](NC(=O)CCCC(=O)NN)C(C)C)[C@H](O)[C@@H]2O)c2nc(N)[nH]c(=O)c21. The molecule has 0 bridgehead atoms. The number of imidazole rings is 2. The Hall–Kier alpha value is -10.2. The van der Waals surface area contributed by atoms with Gasteiger partial charge < -0.3 is 92.2 Å². The first kappa shape index (κ1) is 93.6. The Kier molecular flexibility index (Phi) is 35.8. The number of fused-ring (bicyclic) bond motifs is 3. The molecular weight excluding hydrogens is 1510 g/mol. The number of aromatic nitrogens is 8. The quantitative estimate of drug-likeness (QED) is 0.00824. The van der Waals surface area contributed by atoms with Gasteiger partial charge in [0.15, 0.2) is 52.1 Å². The molecule has 4 aromatic rings. The number of ether oxygens (including phenoxy) is 6. The van der Waals surface area contributed by atoms with Gasteiger partial charge in [0.05, 0.1) is 12.1 Å². The van der Waals surface area contributed by atoms with Crippen molar-refractivity contribution in [2.45, 2.75) is 225 Å². The number of aliphatic hydroxyl groups is 2. The van der Waals surface area contributed by atoms with E-state index in [9.17, 15) is 77.3 Å². The zero-order valence-electron chi connectivity index (χ0n) is 67.1. The zero-order valence-corrected chi connectivity index (χ0v) is 67.1. The van der Waals surface area contributed by atoms with Crippen molar-refractivity contribution in [1.82, 2.24) is 80.0 Å². The number of hydrogen-bond donors (Lipinski definition) is 14. The van der Waals surface area contributed by atoms with Gasteiger partial charge in [-0.15, -0.1) is 13.2 Å². The van der Waals surface area contributed by atoms with Crippen LogP contribution in [-0.4, -0.2) is 239 Å². The van der Waals surface area contributed by atoms with Gasteiger partial charge in [0.2, 0.25) is 47.3 Å². The van der Waals surface area contributed by atoms with Crippen LogP contribution in [0.4, 0.5) is 21.5 Å². The fourth-order valence-corrected chi connectivity index (χ4v) is 13.5. The van der Waals surface area contributed by atoms with Crippen LogP contribution in [0.2, 0.25) is 0 Å². The minimum Gasteiger partial charge on any atom is -0.447 e. The number of nitrogens with zero attached hydrogens (tertiary/aromatic N) is 8. The third-order valence-electron chi connectivity index (χ3n) is 19.6. The van der Waals surface area contributed by atoms with E-state index in [-0.39, 0.29) is 166 Å². The molecule has 640 valence electrons. The predicted octanol–water partition coefficient (Wildman–Crippen LogP) is -1.07. The van der Waals surface area contributed by atoms with E-state index >= 15 is 0 Å². The van der Waals surface area contributed by atoms with Gasteiger partial charge in [-0.2, -0.15) is 9.97 Å². The molecule has 3 aliphatic rings. The Morgan fingerprint density at radius 3 is 1.48 bits per heavy atom. The van der Waals surface area contributed by atoms with Gasteiger partial charge in [-0.25, -0.2) is 34.2 Å². The second-order valence-corrected chi connectivity index (χ2v) is 29.6. The summed E-state index contributed by atoms with van der Waals surface area (Å²) in [4.78, 5) is 195. The number of nitrogens with one attached hydrogen (secondary N) is 8. The summed E-state index contributed by atoms with van der Waals surface area (Å²) in [5.41, 5.74) is 16.0.